The fraction of sp³-hybridized carbons (Fsp3) is 0.321. The van der Waals surface area contributed by atoms with Crippen LogP contribution in [0.15, 0.2) is 72.8 Å². The monoisotopic (exact) mass is 496 g/mol. The standard InChI is InChI=1S/C28H30ClFN2O3/c1-20-2-6-22(7-3-20)27(33)16-25-18-32(28(34)19-35-26-12-8-23(29)9-13-26)15-14-31(25)17-21-4-10-24(30)11-5-21/h2-13,25,27,33H,14-19H2,1H3. The Kier molecular flexibility index (Phi) is 8.39. The summed E-state index contributed by atoms with van der Waals surface area (Å²) in [6.45, 7) is 4.25. The first-order valence-corrected chi connectivity index (χ1v) is 12.1. The van der Waals surface area contributed by atoms with E-state index >= 15 is 0 Å². The van der Waals surface area contributed by atoms with Crippen LogP contribution in [-0.2, 0) is 11.3 Å². The molecule has 1 aliphatic rings. The molecule has 3 aromatic rings. The number of aryl methyl sites for hydroxylation is 1. The summed E-state index contributed by atoms with van der Waals surface area (Å²) in [6, 6.07) is 21.2. The molecule has 7 heteroatoms. The molecule has 2 unspecified atom stereocenters. The van der Waals surface area contributed by atoms with E-state index < -0.39 is 6.10 Å². The minimum atomic E-state index is -0.656. The van der Waals surface area contributed by atoms with E-state index in [2.05, 4.69) is 4.90 Å². The molecule has 0 aromatic heterocycles. The maximum absolute atomic E-state index is 13.4. The van der Waals surface area contributed by atoms with Crippen LogP contribution in [0.5, 0.6) is 5.75 Å². The Morgan fingerprint density at radius 3 is 2.43 bits per heavy atom. The molecule has 0 bridgehead atoms. The summed E-state index contributed by atoms with van der Waals surface area (Å²) in [4.78, 5) is 17.0. The van der Waals surface area contributed by atoms with Crippen LogP contribution in [0.25, 0.3) is 0 Å². The van der Waals surface area contributed by atoms with Crippen molar-refractivity contribution in [2.24, 2.45) is 0 Å². The van der Waals surface area contributed by atoms with E-state index in [9.17, 15) is 14.3 Å². The van der Waals surface area contributed by atoms with Gasteiger partial charge in [0.25, 0.3) is 5.91 Å². The van der Waals surface area contributed by atoms with Crippen LogP contribution in [0.3, 0.4) is 0 Å². The molecule has 1 aliphatic heterocycles. The summed E-state index contributed by atoms with van der Waals surface area (Å²) in [5.41, 5.74) is 2.98. The highest BCUT2D eigenvalue weighted by atomic mass is 35.5. The van der Waals surface area contributed by atoms with Crippen LogP contribution in [0.1, 0.15) is 29.2 Å². The topological polar surface area (TPSA) is 53.0 Å². The largest absolute Gasteiger partial charge is 0.484 e. The van der Waals surface area contributed by atoms with Gasteiger partial charge in [-0.2, -0.15) is 0 Å². The van der Waals surface area contributed by atoms with Crippen LogP contribution in [0.4, 0.5) is 4.39 Å². The number of halogens is 2. The van der Waals surface area contributed by atoms with Crippen LogP contribution < -0.4 is 4.74 Å². The minimum absolute atomic E-state index is 0.0627. The summed E-state index contributed by atoms with van der Waals surface area (Å²) in [6.07, 6.45) is -0.178. The Morgan fingerprint density at radius 1 is 1.06 bits per heavy atom. The van der Waals surface area contributed by atoms with Crippen LogP contribution >= 0.6 is 11.6 Å². The SMILES string of the molecule is Cc1ccc(C(O)CC2CN(C(=O)COc3ccc(Cl)cc3)CCN2Cc2ccc(F)cc2)cc1. The smallest absolute Gasteiger partial charge is 0.260 e. The number of aliphatic hydroxyl groups excluding tert-OH is 1. The average molecular weight is 497 g/mol. The van der Waals surface area contributed by atoms with Crippen molar-refractivity contribution in [2.75, 3.05) is 26.2 Å². The van der Waals surface area contributed by atoms with E-state index in [1.165, 1.54) is 12.1 Å². The molecule has 0 spiro atoms. The van der Waals surface area contributed by atoms with Gasteiger partial charge < -0.3 is 14.7 Å². The molecule has 5 nitrogen and oxygen atoms in total. The number of amides is 1. The maximum atomic E-state index is 13.4. The predicted octanol–water partition coefficient (Wildman–Crippen LogP) is 5.00. The van der Waals surface area contributed by atoms with Gasteiger partial charge in [-0.3, -0.25) is 9.69 Å². The van der Waals surface area contributed by atoms with Crippen molar-refractivity contribution in [1.29, 1.82) is 0 Å². The van der Waals surface area contributed by atoms with Gasteiger partial charge in [-0.25, -0.2) is 4.39 Å². The lowest BCUT2D eigenvalue weighted by atomic mass is 9.97. The van der Waals surface area contributed by atoms with Gasteiger partial charge in [0, 0.05) is 37.2 Å². The van der Waals surface area contributed by atoms with Crippen molar-refractivity contribution in [3.8, 4) is 5.75 Å². The summed E-state index contributed by atoms with van der Waals surface area (Å²) in [7, 11) is 0. The quantitative estimate of drug-likeness (QED) is 0.476. The predicted molar refractivity (Wildman–Crippen MR) is 135 cm³/mol. The summed E-state index contributed by atoms with van der Waals surface area (Å²) >= 11 is 5.91. The molecular weight excluding hydrogens is 467 g/mol. The number of carbonyl (C=O) groups excluding carboxylic acids is 1. The van der Waals surface area contributed by atoms with Gasteiger partial charge in [-0.1, -0.05) is 53.6 Å². The molecule has 1 fully saturated rings. The van der Waals surface area contributed by atoms with Crippen LogP contribution in [0.2, 0.25) is 5.02 Å². The molecular formula is C28H30ClFN2O3. The Balaban J connectivity index is 1.43. The van der Waals surface area contributed by atoms with E-state index in [0.717, 1.165) is 16.7 Å². The van der Waals surface area contributed by atoms with Crippen LogP contribution in [-0.4, -0.2) is 53.1 Å². The molecule has 0 saturated carbocycles. The molecule has 0 radical (unpaired) electrons. The molecule has 0 aliphatic carbocycles. The third kappa shape index (κ3) is 7.04. The lowest BCUT2D eigenvalue weighted by molar-refractivity contribution is -0.137. The van der Waals surface area contributed by atoms with Gasteiger partial charge in [-0.15, -0.1) is 0 Å². The first kappa shape index (κ1) is 25.2. The van der Waals surface area contributed by atoms with Crippen molar-refractivity contribution >= 4 is 17.5 Å². The van der Waals surface area contributed by atoms with Gasteiger partial charge >= 0.3 is 0 Å². The average Bonchev–Trinajstić information content (AvgIpc) is 2.86. The number of ether oxygens (including phenoxy) is 1. The zero-order valence-corrected chi connectivity index (χ0v) is 20.5. The maximum Gasteiger partial charge on any atom is 0.260 e. The lowest BCUT2D eigenvalue weighted by Gasteiger charge is -2.42. The van der Waals surface area contributed by atoms with Crippen molar-refractivity contribution in [3.05, 3.63) is 100 Å². The number of benzene rings is 3. The van der Waals surface area contributed by atoms with Gasteiger partial charge in [0.2, 0.25) is 0 Å². The zero-order chi connectivity index (χ0) is 24.8. The normalized spacial score (nSPS) is 17.3. The van der Waals surface area contributed by atoms with Crippen molar-refractivity contribution < 1.29 is 19.0 Å². The van der Waals surface area contributed by atoms with E-state index in [1.807, 2.05) is 31.2 Å². The Hall–Kier alpha value is -2.93. The third-order valence-corrected chi connectivity index (χ3v) is 6.64. The Bertz CT molecular complexity index is 1110. The summed E-state index contributed by atoms with van der Waals surface area (Å²) < 4.78 is 19.0. The number of piperazine rings is 1. The van der Waals surface area contributed by atoms with Gasteiger partial charge in [-0.05, 0) is 60.9 Å². The second kappa shape index (κ2) is 11.7. The number of hydrogen-bond donors (Lipinski definition) is 1. The zero-order valence-electron chi connectivity index (χ0n) is 19.7. The summed E-state index contributed by atoms with van der Waals surface area (Å²) in [5, 5.41) is 11.6. The number of hydrogen-bond acceptors (Lipinski definition) is 4. The molecule has 184 valence electrons. The molecule has 4 rings (SSSR count). The Morgan fingerprint density at radius 2 is 1.74 bits per heavy atom. The van der Waals surface area contributed by atoms with E-state index in [-0.39, 0.29) is 24.4 Å². The first-order valence-electron chi connectivity index (χ1n) is 11.8. The highest BCUT2D eigenvalue weighted by Crippen LogP contribution is 2.25. The van der Waals surface area contributed by atoms with Crippen LogP contribution in [0, 0.1) is 12.7 Å². The van der Waals surface area contributed by atoms with Gasteiger partial charge in [0.1, 0.15) is 11.6 Å². The van der Waals surface area contributed by atoms with Gasteiger partial charge in [0.15, 0.2) is 6.61 Å². The number of carbonyl (C=O) groups is 1. The molecule has 1 amide bonds. The van der Waals surface area contributed by atoms with E-state index in [0.29, 0.717) is 43.4 Å². The molecule has 1 heterocycles. The third-order valence-electron chi connectivity index (χ3n) is 6.39. The Labute approximate surface area is 210 Å². The number of nitrogens with zero attached hydrogens (tertiary/aromatic N) is 2. The number of aliphatic hydroxyl groups is 1. The summed E-state index contributed by atoms with van der Waals surface area (Å²) in [5.74, 6) is 0.219. The number of rotatable bonds is 8. The lowest BCUT2D eigenvalue weighted by Crippen LogP contribution is -2.55. The van der Waals surface area contributed by atoms with Crippen molar-refractivity contribution in [3.63, 3.8) is 0 Å². The van der Waals surface area contributed by atoms with Gasteiger partial charge in [0.05, 0.1) is 6.10 Å². The van der Waals surface area contributed by atoms with Crippen molar-refractivity contribution in [1.82, 2.24) is 9.80 Å². The second-order valence-corrected chi connectivity index (χ2v) is 9.43. The fourth-order valence-corrected chi connectivity index (χ4v) is 4.45. The molecule has 1 saturated heterocycles. The van der Waals surface area contributed by atoms with E-state index in [4.69, 9.17) is 16.3 Å². The minimum Gasteiger partial charge on any atom is -0.484 e. The molecule has 1 N–H and O–H groups in total. The second-order valence-electron chi connectivity index (χ2n) is 9.00. The molecule has 35 heavy (non-hydrogen) atoms. The highest BCUT2D eigenvalue weighted by molar-refractivity contribution is 6.30. The molecule has 3 aromatic carbocycles. The first-order chi connectivity index (χ1) is 16.9. The van der Waals surface area contributed by atoms with E-state index in [1.54, 1.807) is 41.3 Å². The molecule has 2 atom stereocenters. The fourth-order valence-electron chi connectivity index (χ4n) is 4.33. The highest BCUT2D eigenvalue weighted by Gasteiger charge is 2.31. The van der Waals surface area contributed by atoms with Crippen molar-refractivity contribution in [2.45, 2.75) is 32.0 Å².